The molecule has 0 radical (unpaired) electrons. The minimum Gasteiger partial charge on any atom is -0.489 e. The second-order valence-electron chi connectivity index (χ2n) is 7.45. The molecule has 0 saturated carbocycles. The third kappa shape index (κ3) is 4.32. The van der Waals surface area contributed by atoms with Gasteiger partial charge in [0, 0.05) is 37.3 Å². The zero-order valence-corrected chi connectivity index (χ0v) is 16.8. The van der Waals surface area contributed by atoms with Gasteiger partial charge in [0.1, 0.15) is 12.4 Å². The second-order valence-corrected chi connectivity index (χ2v) is 7.88. The minimum absolute atomic E-state index is 0.0820. The molecule has 0 bridgehead atoms. The van der Waals surface area contributed by atoms with E-state index in [4.69, 9.17) is 21.1 Å². The Kier molecular flexibility index (Phi) is 5.85. The largest absolute Gasteiger partial charge is 0.489 e. The number of likely N-dealkylation sites (tertiary alicyclic amines) is 1. The summed E-state index contributed by atoms with van der Waals surface area (Å²) in [4.78, 5) is 16.3. The van der Waals surface area contributed by atoms with Crippen LogP contribution in [0.2, 0.25) is 5.02 Å². The molecule has 2 aliphatic heterocycles. The van der Waals surface area contributed by atoms with Gasteiger partial charge in [-0.2, -0.15) is 0 Å². The summed E-state index contributed by atoms with van der Waals surface area (Å²) >= 11 is 5.95. The third-order valence-corrected chi connectivity index (χ3v) is 5.78. The number of rotatable bonds is 5. The first-order valence-corrected chi connectivity index (χ1v) is 10.0. The minimum atomic E-state index is 0.0820. The number of likely N-dealkylation sites (N-methyl/N-ethyl adjacent to an activating group) is 1. The van der Waals surface area contributed by atoms with Gasteiger partial charge < -0.3 is 14.4 Å². The van der Waals surface area contributed by atoms with E-state index in [9.17, 15) is 4.79 Å². The Labute approximate surface area is 170 Å². The molecule has 5 nitrogen and oxygen atoms in total. The van der Waals surface area contributed by atoms with Gasteiger partial charge in [-0.3, -0.25) is 9.69 Å². The van der Waals surface area contributed by atoms with E-state index in [-0.39, 0.29) is 18.1 Å². The smallest absolute Gasteiger partial charge is 0.225 e. The number of hydrogen-bond donors (Lipinski definition) is 0. The van der Waals surface area contributed by atoms with Crippen LogP contribution in [0.1, 0.15) is 17.5 Å². The van der Waals surface area contributed by atoms with E-state index >= 15 is 0 Å². The maximum absolute atomic E-state index is 12.1. The number of para-hydroxylation sites is 1. The Morgan fingerprint density at radius 2 is 1.93 bits per heavy atom. The summed E-state index contributed by atoms with van der Waals surface area (Å²) in [6, 6.07) is 15.9. The van der Waals surface area contributed by atoms with Crippen molar-refractivity contribution in [2.24, 2.45) is 0 Å². The van der Waals surface area contributed by atoms with Crippen LogP contribution in [-0.2, 0) is 22.7 Å². The molecule has 2 heterocycles. The molecule has 2 atom stereocenters. The fraction of sp³-hybridized carbons (Fsp3) is 0.409. The van der Waals surface area contributed by atoms with E-state index in [2.05, 4.69) is 11.0 Å². The average molecular weight is 401 g/mol. The van der Waals surface area contributed by atoms with Crippen LogP contribution < -0.4 is 4.74 Å². The molecule has 0 N–H and O–H groups in total. The highest BCUT2D eigenvalue weighted by Crippen LogP contribution is 2.27. The maximum atomic E-state index is 12.1. The van der Waals surface area contributed by atoms with Gasteiger partial charge in [-0.05, 0) is 23.8 Å². The Balaban J connectivity index is 1.41. The summed E-state index contributed by atoms with van der Waals surface area (Å²) in [6.07, 6.45) is 0.559. The molecule has 0 unspecified atom stereocenters. The fourth-order valence-electron chi connectivity index (χ4n) is 3.91. The zero-order valence-electron chi connectivity index (χ0n) is 16.0. The number of benzene rings is 2. The SMILES string of the molecule is CN1C(=O)CCO[C@H]2CN(Cc3ccccc3OCc3ccc(Cl)cc3)C[C@@H]21. The van der Waals surface area contributed by atoms with Crippen LogP contribution in [0.3, 0.4) is 0 Å². The first kappa shape index (κ1) is 19.2. The van der Waals surface area contributed by atoms with Gasteiger partial charge in [0.15, 0.2) is 0 Å². The molecule has 1 amide bonds. The molecule has 2 aromatic carbocycles. The number of halogens is 1. The van der Waals surface area contributed by atoms with E-state index in [1.165, 1.54) is 0 Å². The Morgan fingerprint density at radius 3 is 2.75 bits per heavy atom. The number of ether oxygens (including phenoxy) is 2. The lowest BCUT2D eigenvalue weighted by Gasteiger charge is -2.25. The predicted octanol–water partition coefficient (Wildman–Crippen LogP) is 3.35. The van der Waals surface area contributed by atoms with Crippen molar-refractivity contribution in [3.8, 4) is 5.75 Å². The van der Waals surface area contributed by atoms with Crippen molar-refractivity contribution in [1.82, 2.24) is 9.80 Å². The molecule has 2 aromatic rings. The summed E-state index contributed by atoms with van der Waals surface area (Å²) in [6.45, 7) is 3.43. The average Bonchev–Trinajstić information content (AvgIpc) is 3.05. The van der Waals surface area contributed by atoms with Crippen molar-refractivity contribution in [2.75, 3.05) is 26.7 Å². The van der Waals surface area contributed by atoms with Gasteiger partial charge in [-0.15, -0.1) is 0 Å². The molecule has 6 heteroatoms. The van der Waals surface area contributed by atoms with Crippen LogP contribution in [-0.4, -0.2) is 54.6 Å². The summed E-state index contributed by atoms with van der Waals surface area (Å²) in [5.41, 5.74) is 2.22. The highest BCUT2D eigenvalue weighted by Gasteiger charge is 2.39. The van der Waals surface area contributed by atoms with Crippen LogP contribution in [0.25, 0.3) is 0 Å². The maximum Gasteiger partial charge on any atom is 0.225 e. The van der Waals surface area contributed by atoms with Crippen molar-refractivity contribution in [3.63, 3.8) is 0 Å². The van der Waals surface area contributed by atoms with Crippen LogP contribution in [0.5, 0.6) is 5.75 Å². The van der Waals surface area contributed by atoms with Gasteiger partial charge in [0.2, 0.25) is 5.91 Å². The second kappa shape index (κ2) is 8.52. The topological polar surface area (TPSA) is 42.0 Å². The summed E-state index contributed by atoms with van der Waals surface area (Å²) < 4.78 is 12.0. The van der Waals surface area contributed by atoms with E-state index < -0.39 is 0 Å². The quantitative estimate of drug-likeness (QED) is 0.771. The lowest BCUT2D eigenvalue weighted by atomic mass is 10.2. The van der Waals surface area contributed by atoms with E-state index in [1.807, 2.05) is 54.4 Å². The molecule has 2 fully saturated rings. The predicted molar refractivity (Wildman–Crippen MR) is 108 cm³/mol. The number of carbonyl (C=O) groups excluding carboxylic acids is 1. The number of amides is 1. The van der Waals surface area contributed by atoms with E-state index in [0.717, 1.165) is 41.5 Å². The van der Waals surface area contributed by atoms with Gasteiger partial charge in [0.05, 0.1) is 25.2 Å². The lowest BCUT2D eigenvalue weighted by Crippen LogP contribution is -2.42. The van der Waals surface area contributed by atoms with Crippen molar-refractivity contribution < 1.29 is 14.3 Å². The molecular formula is C22H25ClN2O3. The first-order valence-electron chi connectivity index (χ1n) is 9.65. The van der Waals surface area contributed by atoms with Gasteiger partial charge in [0.25, 0.3) is 0 Å². The molecule has 2 aliphatic rings. The summed E-state index contributed by atoms with van der Waals surface area (Å²) in [5, 5.41) is 0.723. The van der Waals surface area contributed by atoms with Crippen molar-refractivity contribution in [1.29, 1.82) is 0 Å². The lowest BCUT2D eigenvalue weighted by molar-refractivity contribution is -0.131. The summed E-state index contributed by atoms with van der Waals surface area (Å²) in [5.74, 6) is 1.05. The molecule has 148 valence electrons. The highest BCUT2D eigenvalue weighted by atomic mass is 35.5. The number of carbonyl (C=O) groups is 1. The van der Waals surface area contributed by atoms with Gasteiger partial charge in [-0.1, -0.05) is 41.9 Å². The Bertz CT molecular complexity index is 827. The number of nitrogens with zero attached hydrogens (tertiary/aromatic N) is 2. The number of hydrogen-bond acceptors (Lipinski definition) is 4. The van der Waals surface area contributed by atoms with Crippen LogP contribution in [0.4, 0.5) is 0 Å². The molecule has 0 spiro atoms. The monoisotopic (exact) mass is 400 g/mol. The van der Waals surface area contributed by atoms with Gasteiger partial charge >= 0.3 is 0 Å². The summed E-state index contributed by atoms with van der Waals surface area (Å²) in [7, 11) is 1.89. The fourth-order valence-corrected chi connectivity index (χ4v) is 4.04. The molecule has 2 saturated heterocycles. The molecule has 0 aliphatic carbocycles. The highest BCUT2D eigenvalue weighted by molar-refractivity contribution is 6.30. The van der Waals surface area contributed by atoms with Crippen LogP contribution in [0.15, 0.2) is 48.5 Å². The van der Waals surface area contributed by atoms with E-state index in [1.54, 1.807) is 0 Å². The van der Waals surface area contributed by atoms with Gasteiger partial charge in [-0.25, -0.2) is 0 Å². The number of fused-ring (bicyclic) bond motifs is 1. The van der Waals surface area contributed by atoms with Crippen LogP contribution >= 0.6 is 11.6 Å². The normalized spacial score (nSPS) is 22.8. The standard InChI is InChI=1S/C22H25ClN2O3/c1-24-19-13-25(14-21(19)27-11-10-22(24)26)12-17-4-2-3-5-20(17)28-15-16-6-8-18(23)9-7-16/h2-9,19,21H,10-15H2,1H3/t19-,21-/m0/s1. The Morgan fingerprint density at radius 1 is 1.14 bits per heavy atom. The van der Waals surface area contributed by atoms with E-state index in [0.29, 0.717) is 19.6 Å². The Hall–Kier alpha value is -2.08. The first-order chi connectivity index (χ1) is 13.6. The van der Waals surface area contributed by atoms with Crippen molar-refractivity contribution in [2.45, 2.75) is 31.7 Å². The molecular weight excluding hydrogens is 376 g/mol. The zero-order chi connectivity index (χ0) is 19.5. The van der Waals surface area contributed by atoms with Crippen LogP contribution in [0, 0.1) is 0 Å². The molecule has 28 heavy (non-hydrogen) atoms. The third-order valence-electron chi connectivity index (χ3n) is 5.53. The molecule has 0 aromatic heterocycles. The van der Waals surface area contributed by atoms with Crippen molar-refractivity contribution >= 4 is 17.5 Å². The molecule has 4 rings (SSSR count). The van der Waals surface area contributed by atoms with Crippen molar-refractivity contribution in [3.05, 3.63) is 64.7 Å².